The van der Waals surface area contributed by atoms with Crippen LogP contribution in [0.25, 0.3) is 0 Å². The Labute approximate surface area is 74.9 Å². The van der Waals surface area contributed by atoms with E-state index in [0.29, 0.717) is 23.7 Å². The molecule has 0 heterocycles. The van der Waals surface area contributed by atoms with Crippen molar-refractivity contribution in [2.24, 2.45) is 0 Å². The fraction of sp³-hybridized carbons (Fsp3) is 0.889. The number of carbonyl (C=O) groups excluding carboxylic acids is 1. The molecule has 3 heteroatoms. The minimum absolute atomic E-state index is 0.115. The third-order valence-electron chi connectivity index (χ3n) is 2.24. The van der Waals surface area contributed by atoms with Gasteiger partial charge in [-0.2, -0.15) is 0 Å². The summed E-state index contributed by atoms with van der Waals surface area (Å²) in [5, 5.41) is 0. The molecule has 0 aliphatic heterocycles. The number of carbonyl (C=O) groups is 1. The third-order valence-corrected chi connectivity index (χ3v) is 2.24. The summed E-state index contributed by atoms with van der Waals surface area (Å²) in [5.74, 6) is -0.115. The van der Waals surface area contributed by atoms with E-state index in [1.54, 1.807) is 0 Å². The zero-order valence-corrected chi connectivity index (χ0v) is 8.76. The molecule has 0 rings (SSSR count). The average molecular weight is 174 g/mol. The van der Waals surface area contributed by atoms with Crippen molar-refractivity contribution in [3.8, 4) is 0 Å². The summed E-state index contributed by atoms with van der Waals surface area (Å²) in [4.78, 5) is 11.1. The van der Waals surface area contributed by atoms with Crippen LogP contribution in [0, 0.1) is 0 Å². The second-order valence-electron chi connectivity index (χ2n) is 3.84. The largest absolute Gasteiger partial charge is 0.462 e. The van der Waals surface area contributed by atoms with Gasteiger partial charge >= 0.3 is 5.97 Å². The summed E-state index contributed by atoms with van der Waals surface area (Å²) in [5.41, 5.74) is 0. The number of nitrogens with zero attached hydrogens (tertiary/aromatic N) is 1. The molecule has 0 aliphatic carbocycles. The molecule has 0 amide bonds. The first-order chi connectivity index (χ1) is 5.40. The number of hydrogen-bond donors (Lipinski definition) is 0. The van der Waals surface area contributed by atoms with Crippen LogP contribution in [0.2, 0.25) is 0 Å². The molecule has 0 saturated heterocycles. The molecule has 0 aromatic rings. The van der Waals surface area contributed by atoms with Crippen LogP contribution in [0.3, 0.4) is 0 Å². The normalized spacial score (nSPS) is 11.8. The van der Waals surface area contributed by atoms with Crippen LogP contribution in [0.4, 0.5) is 0 Å². The Hall–Kier alpha value is -0.570. The van der Waals surface area contributed by atoms with E-state index >= 15 is 0 Å². The monoisotopic (exact) mass is 174 g/mol. The highest BCUT2D eigenvalue weighted by Crippen LogP contribution is 2.05. The van der Waals surface area contributed by atoms with E-state index in [2.05, 4.69) is 13.8 Å². The number of ether oxygens (including phenoxy) is 1. The maximum atomic E-state index is 11.1. The molecule has 0 aromatic heterocycles. The summed E-state index contributed by atoms with van der Waals surface area (Å²) in [6.07, 6.45) is 0. The lowest BCUT2D eigenvalue weighted by Crippen LogP contribution is -2.49. The molecule has 0 unspecified atom stereocenters. The summed E-state index contributed by atoms with van der Waals surface area (Å²) < 4.78 is 5.55. The van der Waals surface area contributed by atoms with Crippen molar-refractivity contribution >= 4 is 5.97 Å². The molecule has 0 saturated carbocycles. The van der Waals surface area contributed by atoms with E-state index in [1.165, 1.54) is 0 Å². The molecule has 0 radical (unpaired) electrons. The maximum absolute atomic E-state index is 11.1. The van der Waals surface area contributed by atoms with Crippen molar-refractivity contribution in [1.29, 1.82) is 0 Å². The molecular formula is C9H20NO2+. The maximum Gasteiger partial charge on any atom is 0.361 e. The van der Waals surface area contributed by atoms with Gasteiger partial charge < -0.3 is 9.22 Å². The van der Waals surface area contributed by atoms with Crippen LogP contribution >= 0.6 is 0 Å². The summed E-state index contributed by atoms with van der Waals surface area (Å²) >= 11 is 0. The van der Waals surface area contributed by atoms with Crippen LogP contribution in [0.5, 0.6) is 0 Å². The van der Waals surface area contributed by atoms with Crippen LogP contribution in [0.1, 0.15) is 20.8 Å². The molecule has 3 nitrogen and oxygen atoms in total. The number of likely N-dealkylation sites (N-methyl/N-ethyl adjacent to an activating group) is 1. The SMILES string of the molecule is CCOC(=O)C[N+](C)(C)C(C)C. The van der Waals surface area contributed by atoms with Gasteiger partial charge in [0.25, 0.3) is 0 Å². The van der Waals surface area contributed by atoms with Gasteiger partial charge in [-0.25, -0.2) is 4.79 Å². The van der Waals surface area contributed by atoms with Crippen molar-refractivity contribution in [2.45, 2.75) is 26.8 Å². The summed E-state index contributed by atoms with van der Waals surface area (Å²) in [7, 11) is 4.06. The number of esters is 1. The standard InChI is InChI=1S/C9H20NO2/c1-6-12-9(11)7-10(4,5)8(2)3/h8H,6-7H2,1-5H3/q+1. The molecule has 0 spiro atoms. The fourth-order valence-corrected chi connectivity index (χ4v) is 0.722. The Morgan fingerprint density at radius 2 is 1.92 bits per heavy atom. The quantitative estimate of drug-likeness (QED) is 0.470. The highest BCUT2D eigenvalue weighted by molar-refractivity contribution is 5.70. The van der Waals surface area contributed by atoms with Gasteiger partial charge in [-0.1, -0.05) is 0 Å². The molecule has 0 N–H and O–H groups in total. The van der Waals surface area contributed by atoms with E-state index in [9.17, 15) is 4.79 Å². The van der Waals surface area contributed by atoms with E-state index in [0.717, 1.165) is 0 Å². The first-order valence-electron chi connectivity index (χ1n) is 4.38. The molecule has 72 valence electrons. The van der Waals surface area contributed by atoms with E-state index in [1.807, 2.05) is 21.0 Å². The van der Waals surface area contributed by atoms with E-state index in [-0.39, 0.29) is 5.97 Å². The molecule has 0 bridgehead atoms. The Balaban J connectivity index is 3.97. The second-order valence-corrected chi connectivity index (χ2v) is 3.84. The third kappa shape index (κ3) is 3.72. The zero-order valence-electron chi connectivity index (χ0n) is 8.76. The zero-order chi connectivity index (χ0) is 9.78. The first kappa shape index (κ1) is 11.4. The van der Waals surface area contributed by atoms with Gasteiger partial charge in [-0.3, -0.25) is 0 Å². The number of rotatable bonds is 4. The number of quaternary nitrogens is 1. The molecule has 0 atom stereocenters. The van der Waals surface area contributed by atoms with Crippen molar-refractivity contribution < 1.29 is 14.0 Å². The van der Waals surface area contributed by atoms with Gasteiger partial charge in [0.2, 0.25) is 0 Å². The highest BCUT2D eigenvalue weighted by atomic mass is 16.5. The van der Waals surface area contributed by atoms with Crippen molar-refractivity contribution in [3.05, 3.63) is 0 Å². The first-order valence-corrected chi connectivity index (χ1v) is 4.38. The van der Waals surface area contributed by atoms with Gasteiger partial charge in [0.1, 0.15) is 0 Å². The van der Waals surface area contributed by atoms with Crippen molar-refractivity contribution in [3.63, 3.8) is 0 Å². The predicted octanol–water partition coefficient (Wildman–Crippen LogP) is 1.03. The van der Waals surface area contributed by atoms with Gasteiger partial charge in [-0.15, -0.1) is 0 Å². The van der Waals surface area contributed by atoms with Gasteiger partial charge in [0, 0.05) is 0 Å². The lowest BCUT2D eigenvalue weighted by Gasteiger charge is -2.32. The van der Waals surface area contributed by atoms with Gasteiger partial charge in [0.15, 0.2) is 6.54 Å². The van der Waals surface area contributed by atoms with E-state index < -0.39 is 0 Å². The van der Waals surface area contributed by atoms with Crippen LogP contribution in [-0.4, -0.2) is 43.7 Å². The minimum Gasteiger partial charge on any atom is -0.462 e. The molecule has 12 heavy (non-hydrogen) atoms. The Kier molecular flexibility index (Phi) is 4.24. The summed E-state index contributed by atoms with van der Waals surface area (Å²) in [6, 6.07) is 0.439. The van der Waals surface area contributed by atoms with Crippen molar-refractivity contribution in [2.75, 3.05) is 27.2 Å². The lowest BCUT2D eigenvalue weighted by molar-refractivity contribution is -0.904. The van der Waals surface area contributed by atoms with Gasteiger partial charge in [-0.05, 0) is 20.8 Å². The smallest absolute Gasteiger partial charge is 0.361 e. The van der Waals surface area contributed by atoms with Crippen LogP contribution in [0.15, 0.2) is 0 Å². The molecule has 0 fully saturated rings. The Morgan fingerprint density at radius 3 is 2.25 bits per heavy atom. The van der Waals surface area contributed by atoms with Crippen molar-refractivity contribution in [1.82, 2.24) is 0 Å². The van der Waals surface area contributed by atoms with Gasteiger partial charge in [0.05, 0.1) is 26.7 Å². The minimum atomic E-state index is -0.115. The van der Waals surface area contributed by atoms with Crippen LogP contribution < -0.4 is 0 Å². The molecule has 0 aromatic carbocycles. The predicted molar refractivity (Wildman–Crippen MR) is 48.7 cm³/mol. The van der Waals surface area contributed by atoms with Crippen LogP contribution in [-0.2, 0) is 9.53 Å². The topological polar surface area (TPSA) is 26.3 Å². The summed E-state index contributed by atoms with van der Waals surface area (Å²) in [6.45, 7) is 6.94. The molecule has 0 aliphatic rings. The molecular weight excluding hydrogens is 154 g/mol. The highest BCUT2D eigenvalue weighted by Gasteiger charge is 2.24. The Bertz CT molecular complexity index is 153. The fourth-order valence-electron chi connectivity index (χ4n) is 0.722. The second kappa shape index (κ2) is 4.45. The van der Waals surface area contributed by atoms with E-state index in [4.69, 9.17) is 4.74 Å². The Morgan fingerprint density at radius 1 is 1.42 bits per heavy atom. The average Bonchev–Trinajstić information content (AvgIpc) is 1.85. The number of hydrogen-bond acceptors (Lipinski definition) is 2. The lowest BCUT2D eigenvalue weighted by atomic mass is 10.3.